The van der Waals surface area contributed by atoms with E-state index in [2.05, 4.69) is 46.3 Å². The molecule has 25 heavy (non-hydrogen) atoms. The molecule has 0 bridgehead atoms. The molecule has 2 aliphatic rings. The summed E-state index contributed by atoms with van der Waals surface area (Å²) in [5.41, 5.74) is 0. The molecule has 0 aromatic rings. The minimum atomic E-state index is -2.87. The lowest BCUT2D eigenvalue weighted by Gasteiger charge is -2.40. The minimum Gasteiger partial charge on any atom is -0.355 e. The molecule has 2 heterocycles. The molecule has 9 heteroatoms. The van der Waals surface area contributed by atoms with Crippen molar-refractivity contribution in [3.05, 3.63) is 0 Å². The third kappa shape index (κ3) is 7.18. The molecule has 2 unspecified atom stereocenters. The van der Waals surface area contributed by atoms with Crippen molar-refractivity contribution in [2.45, 2.75) is 32.4 Å². The van der Waals surface area contributed by atoms with E-state index in [9.17, 15) is 8.42 Å². The van der Waals surface area contributed by atoms with Crippen molar-refractivity contribution >= 4 is 39.8 Å². The second-order valence-corrected chi connectivity index (χ2v) is 9.58. The zero-order valence-corrected chi connectivity index (χ0v) is 19.0. The van der Waals surface area contributed by atoms with Crippen LogP contribution in [0.5, 0.6) is 0 Å². The van der Waals surface area contributed by atoms with Crippen molar-refractivity contribution in [1.82, 2.24) is 20.4 Å². The number of piperazine rings is 1. The first kappa shape index (κ1) is 22.9. The van der Waals surface area contributed by atoms with E-state index in [0.29, 0.717) is 24.3 Å². The van der Waals surface area contributed by atoms with Gasteiger partial charge in [0.05, 0.1) is 11.5 Å². The van der Waals surface area contributed by atoms with Gasteiger partial charge in [-0.25, -0.2) is 8.42 Å². The van der Waals surface area contributed by atoms with Crippen molar-refractivity contribution in [3.63, 3.8) is 0 Å². The summed E-state index contributed by atoms with van der Waals surface area (Å²) >= 11 is 0. The fourth-order valence-electron chi connectivity index (χ4n) is 3.44. The number of rotatable bonds is 5. The lowest BCUT2D eigenvalue weighted by atomic mass is 10.0. The van der Waals surface area contributed by atoms with Crippen LogP contribution in [0.1, 0.15) is 20.3 Å². The van der Waals surface area contributed by atoms with E-state index in [4.69, 9.17) is 0 Å². The first-order chi connectivity index (χ1) is 11.3. The van der Waals surface area contributed by atoms with E-state index in [1.54, 1.807) is 7.05 Å². The number of guanidine groups is 1. The van der Waals surface area contributed by atoms with E-state index in [1.165, 1.54) is 0 Å². The number of hydrogen-bond donors (Lipinski definition) is 2. The standard InChI is InChI=1S/C16H33N5O2S.HI/c1-13(2)15(21-8-6-20(4)7-9-21)11-18-16(17-3)19-14-5-10-24(22,23)12-14;/h13-15H,5-12H2,1-4H3,(H2,17,18,19);1H. The van der Waals surface area contributed by atoms with Crippen LogP contribution in [0.25, 0.3) is 0 Å². The lowest BCUT2D eigenvalue weighted by molar-refractivity contribution is 0.0900. The Morgan fingerprint density at radius 2 is 1.88 bits per heavy atom. The number of nitrogens with zero attached hydrogens (tertiary/aromatic N) is 3. The van der Waals surface area contributed by atoms with Crippen molar-refractivity contribution in [2.24, 2.45) is 10.9 Å². The number of sulfone groups is 1. The summed E-state index contributed by atoms with van der Waals surface area (Å²) in [7, 11) is 1.03. The van der Waals surface area contributed by atoms with Crippen LogP contribution in [0.3, 0.4) is 0 Å². The van der Waals surface area contributed by atoms with Crippen molar-refractivity contribution < 1.29 is 8.42 Å². The van der Waals surface area contributed by atoms with Gasteiger partial charge in [0, 0.05) is 51.9 Å². The number of nitrogens with one attached hydrogen (secondary N) is 2. The SMILES string of the molecule is CN=C(NCC(C(C)C)N1CCN(C)CC1)NC1CCS(=O)(=O)C1.I. The van der Waals surface area contributed by atoms with Crippen LogP contribution < -0.4 is 10.6 Å². The fourth-order valence-corrected chi connectivity index (χ4v) is 5.11. The summed E-state index contributed by atoms with van der Waals surface area (Å²) in [6.45, 7) is 9.73. The first-order valence-corrected chi connectivity index (χ1v) is 10.7. The Kier molecular flexibility index (Phi) is 9.41. The van der Waals surface area contributed by atoms with Crippen LogP contribution in [0.4, 0.5) is 0 Å². The van der Waals surface area contributed by atoms with Crippen molar-refractivity contribution in [2.75, 3.05) is 58.3 Å². The highest BCUT2D eigenvalue weighted by molar-refractivity contribution is 14.0. The highest BCUT2D eigenvalue weighted by Crippen LogP contribution is 2.13. The topological polar surface area (TPSA) is 77.0 Å². The molecular weight excluding hydrogens is 453 g/mol. The third-order valence-electron chi connectivity index (χ3n) is 5.05. The van der Waals surface area contributed by atoms with Crippen LogP contribution in [-0.2, 0) is 9.84 Å². The van der Waals surface area contributed by atoms with Gasteiger partial charge in [-0.3, -0.25) is 9.89 Å². The average Bonchev–Trinajstić information content (AvgIpc) is 2.86. The predicted molar refractivity (Wildman–Crippen MR) is 115 cm³/mol. The molecule has 0 aromatic heterocycles. The Labute approximate surface area is 169 Å². The van der Waals surface area contributed by atoms with Crippen LogP contribution in [0.2, 0.25) is 0 Å². The molecule has 2 aliphatic heterocycles. The molecule has 0 saturated carbocycles. The van der Waals surface area contributed by atoms with Crippen LogP contribution in [0.15, 0.2) is 4.99 Å². The van der Waals surface area contributed by atoms with E-state index < -0.39 is 9.84 Å². The van der Waals surface area contributed by atoms with Gasteiger partial charge in [0.15, 0.2) is 15.8 Å². The van der Waals surface area contributed by atoms with Gasteiger partial charge in [0.2, 0.25) is 0 Å². The van der Waals surface area contributed by atoms with Gasteiger partial charge in [0.25, 0.3) is 0 Å². The van der Waals surface area contributed by atoms with Crippen molar-refractivity contribution in [3.8, 4) is 0 Å². The maximum absolute atomic E-state index is 11.6. The summed E-state index contributed by atoms with van der Waals surface area (Å²) in [6.07, 6.45) is 0.662. The van der Waals surface area contributed by atoms with Gasteiger partial charge in [0.1, 0.15) is 0 Å². The number of aliphatic imine (C=N–C) groups is 1. The van der Waals surface area contributed by atoms with Crippen LogP contribution in [0, 0.1) is 5.92 Å². The van der Waals surface area contributed by atoms with E-state index in [0.717, 1.165) is 32.7 Å². The van der Waals surface area contributed by atoms with Crippen molar-refractivity contribution in [1.29, 1.82) is 0 Å². The van der Waals surface area contributed by atoms with Gasteiger partial charge in [-0.05, 0) is 19.4 Å². The molecule has 0 aliphatic carbocycles. The highest BCUT2D eigenvalue weighted by atomic mass is 127. The van der Waals surface area contributed by atoms with E-state index >= 15 is 0 Å². The second kappa shape index (κ2) is 10.3. The normalized spacial score (nSPS) is 26.3. The molecule has 2 saturated heterocycles. The molecule has 0 spiro atoms. The number of halogens is 1. The van der Waals surface area contributed by atoms with Gasteiger partial charge < -0.3 is 15.5 Å². The molecular formula is C16H34IN5O2S. The molecule has 0 amide bonds. The second-order valence-electron chi connectivity index (χ2n) is 7.35. The van der Waals surface area contributed by atoms with Gasteiger partial charge in [-0.2, -0.15) is 0 Å². The van der Waals surface area contributed by atoms with Crippen LogP contribution >= 0.6 is 24.0 Å². The van der Waals surface area contributed by atoms with E-state index in [1.807, 2.05) is 0 Å². The lowest BCUT2D eigenvalue weighted by Crippen LogP contribution is -2.55. The Bertz CT molecular complexity index is 533. The monoisotopic (exact) mass is 487 g/mol. The van der Waals surface area contributed by atoms with Gasteiger partial charge in [-0.15, -0.1) is 24.0 Å². The Hall–Kier alpha value is -0.130. The molecule has 0 radical (unpaired) electrons. The quantitative estimate of drug-likeness (QED) is 0.329. The maximum Gasteiger partial charge on any atom is 0.191 e. The summed E-state index contributed by atoms with van der Waals surface area (Å²) in [6, 6.07) is 0.423. The molecule has 148 valence electrons. The van der Waals surface area contributed by atoms with Gasteiger partial charge >= 0.3 is 0 Å². The van der Waals surface area contributed by atoms with Gasteiger partial charge in [-0.1, -0.05) is 13.8 Å². The third-order valence-corrected chi connectivity index (χ3v) is 6.82. The number of likely N-dealkylation sites (N-methyl/N-ethyl adjacent to an activating group) is 1. The first-order valence-electron chi connectivity index (χ1n) is 8.91. The Morgan fingerprint density at radius 1 is 1.24 bits per heavy atom. The zero-order chi connectivity index (χ0) is 17.7. The summed E-state index contributed by atoms with van der Waals surface area (Å²) in [4.78, 5) is 9.17. The van der Waals surface area contributed by atoms with E-state index in [-0.39, 0.29) is 41.5 Å². The molecule has 2 fully saturated rings. The molecule has 0 aromatic carbocycles. The molecule has 2 N–H and O–H groups in total. The molecule has 2 rings (SSSR count). The minimum absolute atomic E-state index is 0. The summed E-state index contributed by atoms with van der Waals surface area (Å²) < 4.78 is 23.2. The molecule has 2 atom stereocenters. The Balaban J connectivity index is 0.00000312. The predicted octanol–water partition coefficient (Wildman–Crippen LogP) is 0.229. The maximum atomic E-state index is 11.6. The Morgan fingerprint density at radius 3 is 2.36 bits per heavy atom. The largest absolute Gasteiger partial charge is 0.355 e. The fraction of sp³-hybridized carbons (Fsp3) is 0.938. The average molecular weight is 487 g/mol. The summed E-state index contributed by atoms with van der Waals surface area (Å²) in [5.74, 6) is 1.74. The smallest absolute Gasteiger partial charge is 0.191 e. The highest BCUT2D eigenvalue weighted by Gasteiger charge is 2.29. The summed E-state index contributed by atoms with van der Waals surface area (Å²) in [5, 5.41) is 6.66. The zero-order valence-electron chi connectivity index (χ0n) is 15.9. The molecule has 7 nitrogen and oxygen atoms in total. The van der Waals surface area contributed by atoms with Crippen LogP contribution in [-0.4, -0.2) is 94.6 Å². The number of hydrogen-bond acceptors (Lipinski definition) is 5.